The number of nitrogens with one attached hydrogen (secondary N) is 4. The van der Waals surface area contributed by atoms with Crippen LogP contribution >= 0.6 is 0 Å². The number of ether oxygens (including phenoxy) is 14. The standard InChI is InChI=1S/C96H168N4O47/c1-7-9-11-13-15-17-19-21-22-24-26-28-30-32-34-36-66(117)100-54(55(112)35-33-31-29-27-25-23-20-18-16-14-12-10-8-2)48-134-88-78(126)76(124)81(64(46-106)137-88)140-90-79(127)86(82(65(47-107)138-90)141-87-53(37-49(3)108)80(72(120)61(43-103)135-87)139-89-77(125)75(123)71(119)60(42-102)136-89)147-96(93(132)133)40-58(115)69(99-52(6)111)85(146-96)74(122)63(45-105)143-95(92(130)131)39-57(114)68(98-51(5)110)84(145-95)73(121)62(44-104)142-94(91(128)129)38-56(113)67(97-50(4)109)83(144-94)70(118)59(116)41-101/h53-65,67-90,101-107,112-116,118-127H,7-48H2,1-6H3,(H,97,109)(H,98,110)(H,99,111)(H,100,117)(H,128,129)(H,130,131)(H,132,133). The van der Waals surface area contributed by atoms with Gasteiger partial charge in [-0.3, -0.25) is 19.2 Å². The third-order valence-corrected chi connectivity index (χ3v) is 28.2. The summed E-state index contributed by atoms with van der Waals surface area (Å²) in [6.45, 7) is -2.08. The third kappa shape index (κ3) is 36.3. The molecule has 0 saturated carbocycles. The van der Waals surface area contributed by atoms with Crippen LogP contribution in [0, 0.1) is 5.92 Å². The fraction of sp³-hybridized carbons (Fsp3) is 0.917. The molecule has 0 radical (unpaired) electrons. The number of carboxylic acids is 3. The van der Waals surface area contributed by atoms with Crippen LogP contribution in [0.2, 0.25) is 0 Å². The molecule has 51 nitrogen and oxygen atoms in total. The number of ketones is 1. The van der Waals surface area contributed by atoms with Gasteiger partial charge in [0.05, 0.1) is 108 Å². The Hall–Kier alpha value is -5.48. The quantitative estimate of drug-likeness (QED) is 0.0253. The van der Waals surface area contributed by atoms with Crippen LogP contribution in [0.25, 0.3) is 0 Å². The minimum absolute atomic E-state index is 0.0800. The number of unbranched alkanes of at least 4 members (excludes halogenated alkanes) is 26. The van der Waals surface area contributed by atoms with E-state index in [9.17, 15) is 166 Å². The van der Waals surface area contributed by atoms with Gasteiger partial charge >= 0.3 is 17.9 Å². The minimum atomic E-state index is -3.81. The lowest BCUT2D eigenvalue weighted by molar-refractivity contribution is -0.407. The van der Waals surface area contributed by atoms with Gasteiger partial charge in [-0.15, -0.1) is 0 Å². The summed E-state index contributed by atoms with van der Waals surface area (Å²) in [5, 5.41) is 296. The first-order chi connectivity index (χ1) is 69.9. The highest BCUT2D eigenvalue weighted by Crippen LogP contribution is 2.46. The predicted octanol–water partition coefficient (Wildman–Crippen LogP) is -5.38. The monoisotopic (exact) mass is 2130 g/mol. The van der Waals surface area contributed by atoms with E-state index < -0.39 is 369 Å². The molecule has 7 aliphatic rings. The number of hydrogen-bond donors (Lipinski definition) is 29. The number of aliphatic hydroxyl groups excluding tert-OH is 22. The Morgan fingerprint density at radius 1 is 0.361 bits per heavy atom. The number of Topliss-reactive ketones (excluding diaryl/α,β-unsaturated/α-hetero) is 1. The van der Waals surface area contributed by atoms with Crippen molar-refractivity contribution >= 4 is 47.3 Å². The largest absolute Gasteiger partial charge is 0.477 e. The highest BCUT2D eigenvalue weighted by molar-refractivity contribution is 5.79. The van der Waals surface area contributed by atoms with E-state index in [2.05, 4.69) is 35.1 Å². The van der Waals surface area contributed by atoms with Crippen molar-refractivity contribution in [1.29, 1.82) is 0 Å². The molecule has 0 aromatic rings. The lowest BCUT2D eigenvalue weighted by atomic mass is 9.86. The second-order valence-corrected chi connectivity index (χ2v) is 39.9. The minimum Gasteiger partial charge on any atom is -0.477 e. The van der Waals surface area contributed by atoms with Gasteiger partial charge in [0.2, 0.25) is 23.6 Å². The Balaban J connectivity index is 1.23. The van der Waals surface area contributed by atoms with Gasteiger partial charge in [-0.2, -0.15) is 0 Å². The van der Waals surface area contributed by atoms with E-state index in [0.29, 0.717) is 12.8 Å². The molecule has 7 aliphatic heterocycles. The molecule has 0 aromatic carbocycles. The molecular formula is C96H168N4O47. The Labute approximate surface area is 853 Å². The van der Waals surface area contributed by atoms with E-state index in [1.165, 1.54) is 89.9 Å². The molecule has 7 heterocycles. The van der Waals surface area contributed by atoms with Gasteiger partial charge in [0, 0.05) is 58.8 Å². The SMILES string of the molecule is CCCCCCCCCCCCCCCCCC(=O)NC(COC1OC(CO)C(OC2OC(CO)C(OC3OC(CO)C(O)C(OC4OC(CO)C(O)C(O)C4O)C3CC(C)=O)C(OC3(C(=O)O)CC(O)C(NC(C)=O)C(C(O)C(CO)OC4(C(=O)O)CC(O)C(NC(C)=O)C(C(O)C(CO)OC5(C(=O)O)CC(O)C(NC(C)=O)C(C(O)C(O)CO)O5)O4)O3)C2O)C(O)C1O)C(O)CCCCCCCCCCCCCCC. The molecule has 51 heteroatoms. The van der Waals surface area contributed by atoms with Crippen LogP contribution in [0.4, 0.5) is 0 Å². The highest BCUT2D eigenvalue weighted by Gasteiger charge is 2.66. The fourth-order valence-electron chi connectivity index (χ4n) is 20.0. The summed E-state index contributed by atoms with van der Waals surface area (Å²) in [6, 6.07) is -7.36. The van der Waals surface area contributed by atoms with Gasteiger partial charge in [0.15, 0.2) is 25.2 Å². The number of amides is 4. The van der Waals surface area contributed by atoms with Crippen LogP contribution in [-0.4, -0.2) is 465 Å². The highest BCUT2D eigenvalue weighted by atomic mass is 16.8. The molecule has 7 fully saturated rings. The molecule has 0 spiro atoms. The molecule has 29 N–H and O–H groups in total. The Kier molecular flexibility index (Phi) is 55.5. The summed E-state index contributed by atoms with van der Waals surface area (Å²) < 4.78 is 84.5. The van der Waals surface area contributed by atoms with Crippen molar-refractivity contribution < 1.29 is 232 Å². The normalized spacial score (nSPS) is 35.5. The van der Waals surface area contributed by atoms with Crippen LogP contribution in [0.1, 0.15) is 260 Å². The Morgan fingerprint density at radius 3 is 1.12 bits per heavy atom. The molecule has 7 rings (SSSR count). The molecule has 0 aliphatic carbocycles. The van der Waals surface area contributed by atoms with Crippen molar-refractivity contribution in [1.82, 2.24) is 21.3 Å². The molecule has 4 amide bonds. The second-order valence-electron chi connectivity index (χ2n) is 39.9. The summed E-state index contributed by atoms with van der Waals surface area (Å²) in [4.78, 5) is 108. The second kappa shape index (κ2) is 63.5. The molecule has 0 aromatic heterocycles. The fourth-order valence-corrected chi connectivity index (χ4v) is 20.0. The number of aliphatic hydroxyl groups is 22. The van der Waals surface area contributed by atoms with E-state index in [1.54, 1.807) is 0 Å². The summed E-state index contributed by atoms with van der Waals surface area (Å²) in [5.41, 5.74) is 0. The summed E-state index contributed by atoms with van der Waals surface area (Å²) in [7, 11) is 0. The molecule has 854 valence electrons. The van der Waals surface area contributed by atoms with Crippen LogP contribution in [0.5, 0.6) is 0 Å². The summed E-state index contributed by atoms with van der Waals surface area (Å²) in [6.07, 6.45) is -48.7. The van der Waals surface area contributed by atoms with Crippen molar-refractivity contribution in [3.8, 4) is 0 Å². The number of rotatable bonds is 68. The first-order valence-electron chi connectivity index (χ1n) is 51.9. The molecular weight excluding hydrogens is 1960 g/mol. The summed E-state index contributed by atoms with van der Waals surface area (Å²) >= 11 is 0. The van der Waals surface area contributed by atoms with Gasteiger partial charge in [-0.25, -0.2) is 14.4 Å². The third-order valence-electron chi connectivity index (χ3n) is 28.2. The maximum Gasteiger partial charge on any atom is 0.364 e. The number of carbonyl (C=O) groups is 8. The van der Waals surface area contributed by atoms with Crippen molar-refractivity contribution in [3.63, 3.8) is 0 Å². The van der Waals surface area contributed by atoms with Gasteiger partial charge in [-0.05, 0) is 19.8 Å². The van der Waals surface area contributed by atoms with Crippen LogP contribution in [0.3, 0.4) is 0 Å². The molecule has 40 atom stereocenters. The topological polar surface area (TPSA) is 820 Å². The van der Waals surface area contributed by atoms with Crippen molar-refractivity contribution in [2.45, 2.75) is 497 Å². The average molecular weight is 2130 g/mol. The first-order valence-corrected chi connectivity index (χ1v) is 51.9. The van der Waals surface area contributed by atoms with E-state index in [1.807, 2.05) is 0 Å². The van der Waals surface area contributed by atoms with Gasteiger partial charge in [0.25, 0.3) is 17.4 Å². The molecule has 40 unspecified atom stereocenters. The lowest BCUT2D eigenvalue weighted by Gasteiger charge is -2.53. The lowest BCUT2D eigenvalue weighted by Crippen LogP contribution is -2.72. The Bertz CT molecular complexity index is 3860. The number of hydrogen-bond acceptors (Lipinski definition) is 44. The van der Waals surface area contributed by atoms with E-state index in [-0.39, 0.29) is 12.8 Å². The van der Waals surface area contributed by atoms with Crippen LogP contribution < -0.4 is 21.3 Å². The van der Waals surface area contributed by atoms with E-state index in [4.69, 9.17) is 66.3 Å². The average Bonchev–Trinajstić information content (AvgIpc) is 0.739. The maximum absolute atomic E-state index is 14.7. The van der Waals surface area contributed by atoms with Crippen molar-refractivity contribution in [2.75, 3.05) is 52.9 Å². The predicted molar refractivity (Wildman–Crippen MR) is 502 cm³/mol. The Morgan fingerprint density at radius 2 is 0.714 bits per heavy atom. The van der Waals surface area contributed by atoms with Gasteiger partial charge in [0.1, 0.15) is 146 Å². The van der Waals surface area contributed by atoms with E-state index >= 15 is 0 Å². The summed E-state index contributed by atoms with van der Waals surface area (Å²) in [5.74, 6) is -24.2. The number of aliphatic carboxylic acids is 3. The molecule has 7 saturated heterocycles. The zero-order valence-corrected chi connectivity index (χ0v) is 84.7. The van der Waals surface area contributed by atoms with Gasteiger partial charge < -0.3 is 220 Å². The number of carbonyl (C=O) groups excluding carboxylic acids is 5. The molecule has 0 bridgehead atoms. The molecule has 147 heavy (non-hydrogen) atoms. The smallest absolute Gasteiger partial charge is 0.364 e. The van der Waals surface area contributed by atoms with E-state index in [0.717, 1.165) is 105 Å². The first kappa shape index (κ1) is 128. The van der Waals surface area contributed by atoms with Crippen LogP contribution in [0.15, 0.2) is 0 Å². The zero-order valence-electron chi connectivity index (χ0n) is 84.7. The zero-order chi connectivity index (χ0) is 109. The van der Waals surface area contributed by atoms with Crippen LogP contribution in [-0.2, 0) is 105 Å². The van der Waals surface area contributed by atoms with Crippen molar-refractivity contribution in [3.05, 3.63) is 0 Å². The maximum atomic E-state index is 14.7. The van der Waals surface area contributed by atoms with Crippen molar-refractivity contribution in [2.24, 2.45) is 5.92 Å². The number of carboxylic acid groups (broad SMARTS) is 3. The van der Waals surface area contributed by atoms with Gasteiger partial charge in [-0.1, -0.05) is 187 Å².